The molecule has 2 N–H and O–H groups in total. The molecule has 43 heavy (non-hydrogen) atoms. The van der Waals surface area contributed by atoms with E-state index in [-0.39, 0.29) is 50.6 Å². The highest BCUT2D eigenvalue weighted by Crippen LogP contribution is 2.38. The van der Waals surface area contributed by atoms with Crippen LogP contribution in [0, 0.1) is 13.8 Å². The summed E-state index contributed by atoms with van der Waals surface area (Å²) < 4.78 is 5.80. The normalized spacial score (nSPS) is 22.0. The zero-order valence-electron chi connectivity index (χ0n) is 24.3. The summed E-state index contributed by atoms with van der Waals surface area (Å²) in [7, 11) is 2.05. The largest absolute Gasteiger partial charge is 0.491 e. The molecule has 9 heteroatoms. The molecule has 3 heterocycles. The molecule has 0 bridgehead atoms. The highest BCUT2D eigenvalue weighted by molar-refractivity contribution is 6.29. The van der Waals surface area contributed by atoms with Gasteiger partial charge in [0.25, 0.3) is 11.8 Å². The van der Waals surface area contributed by atoms with Crippen molar-refractivity contribution in [3.05, 3.63) is 81.6 Å². The van der Waals surface area contributed by atoms with Gasteiger partial charge in [-0.3, -0.25) is 24.3 Å². The molecule has 1 fully saturated rings. The van der Waals surface area contributed by atoms with Crippen LogP contribution < -0.4 is 10.1 Å². The van der Waals surface area contributed by atoms with Gasteiger partial charge < -0.3 is 20.1 Å². The standard InChI is InChI=1S/C33H36N4O5.CH4/c1-19-7-8-30(20(2)13-19)42-18-23(38)17-34-26-5-4-6-29(39)31(26)28-15-21-14-24-25(16-27(21)35-28)33(41)37(32(24)40)22-9-11-36(3)12-10-22;/h4-5,7-8,13-14,16,22-23,35,38H,6,9-12,15,17-18H2,1-3H3;1H4/t23-;/m0./s1. The van der Waals surface area contributed by atoms with Crippen LogP contribution in [-0.4, -0.2) is 83.7 Å². The van der Waals surface area contributed by atoms with Crippen molar-refractivity contribution in [3.8, 4) is 5.75 Å². The molecule has 0 unspecified atom stereocenters. The molecule has 0 spiro atoms. The maximum absolute atomic E-state index is 13.3. The predicted molar refractivity (Wildman–Crippen MR) is 167 cm³/mol. The summed E-state index contributed by atoms with van der Waals surface area (Å²) in [6.45, 7) is 5.85. The minimum atomic E-state index is -0.851. The fourth-order valence-corrected chi connectivity index (χ4v) is 6.21. The number of likely N-dealkylation sites (tertiary alicyclic amines) is 1. The number of allylic oxidation sites excluding steroid dienone is 4. The van der Waals surface area contributed by atoms with Gasteiger partial charge in [0.15, 0.2) is 5.78 Å². The topological polar surface area (TPSA) is 112 Å². The number of nitrogens with zero attached hydrogens (tertiary/aromatic N) is 3. The van der Waals surface area contributed by atoms with Gasteiger partial charge >= 0.3 is 0 Å². The van der Waals surface area contributed by atoms with Crippen LogP contribution in [-0.2, 0) is 11.2 Å². The van der Waals surface area contributed by atoms with E-state index in [1.54, 1.807) is 24.3 Å². The molecule has 4 aliphatic rings. The Hall–Kier alpha value is -4.08. The molecular weight excluding hydrogens is 544 g/mol. The number of amides is 2. The van der Waals surface area contributed by atoms with E-state index in [4.69, 9.17) is 4.74 Å². The Bertz CT molecular complexity index is 1520. The fourth-order valence-electron chi connectivity index (χ4n) is 6.21. The summed E-state index contributed by atoms with van der Waals surface area (Å²) >= 11 is 0. The van der Waals surface area contributed by atoms with E-state index >= 15 is 0 Å². The van der Waals surface area contributed by atoms with Gasteiger partial charge in [0.1, 0.15) is 18.5 Å². The van der Waals surface area contributed by atoms with E-state index in [1.165, 1.54) is 4.90 Å². The van der Waals surface area contributed by atoms with E-state index in [2.05, 4.69) is 15.2 Å². The van der Waals surface area contributed by atoms with Crippen LogP contribution in [0.15, 0.2) is 58.7 Å². The van der Waals surface area contributed by atoms with Crippen molar-refractivity contribution < 1.29 is 24.2 Å². The molecule has 0 aromatic heterocycles. The number of Topliss-reactive ketones (excluding diaryl/α,β-unsaturated/α-hetero) is 1. The smallest absolute Gasteiger partial charge is 0.261 e. The SMILES string of the molecule is C.Cc1ccc(OC[C@@H](O)CN=C2C=CCC(=O)C2=C2Cc3cc4c(cc3N2)C(=O)N(C2CCN(C)CC2)C4=O)c(C)c1. The first-order valence-corrected chi connectivity index (χ1v) is 14.6. The second-order valence-electron chi connectivity index (χ2n) is 11.7. The number of aliphatic hydroxyl groups is 1. The zero-order chi connectivity index (χ0) is 29.5. The van der Waals surface area contributed by atoms with E-state index in [0.717, 1.165) is 48.3 Å². The monoisotopic (exact) mass is 584 g/mol. The Labute approximate surface area is 252 Å². The zero-order valence-corrected chi connectivity index (χ0v) is 24.3. The number of aliphatic hydroxyl groups excluding tert-OH is 1. The number of imide groups is 1. The number of carbonyl (C=O) groups is 3. The van der Waals surface area contributed by atoms with Gasteiger partial charge in [-0.05, 0) is 82.2 Å². The van der Waals surface area contributed by atoms with Crippen LogP contribution >= 0.6 is 0 Å². The Morgan fingerprint density at radius 3 is 2.51 bits per heavy atom. The van der Waals surface area contributed by atoms with Crippen molar-refractivity contribution in [1.29, 1.82) is 0 Å². The van der Waals surface area contributed by atoms with Gasteiger partial charge in [0, 0.05) is 30.3 Å². The summed E-state index contributed by atoms with van der Waals surface area (Å²) in [6.07, 6.45) is 4.96. The summed E-state index contributed by atoms with van der Waals surface area (Å²) in [5.41, 5.74) is 6.24. The highest BCUT2D eigenvalue weighted by atomic mass is 16.5. The van der Waals surface area contributed by atoms with Crippen LogP contribution in [0.25, 0.3) is 0 Å². The van der Waals surface area contributed by atoms with Gasteiger partial charge in [-0.1, -0.05) is 31.2 Å². The van der Waals surface area contributed by atoms with Gasteiger partial charge in [-0.25, -0.2) is 0 Å². The molecule has 2 aromatic rings. The van der Waals surface area contributed by atoms with Crippen LogP contribution in [0.2, 0.25) is 0 Å². The minimum Gasteiger partial charge on any atom is -0.491 e. The molecule has 0 radical (unpaired) electrons. The Balaban J connectivity index is 0.00000368. The first kappa shape index (κ1) is 30.4. The molecule has 2 aromatic carbocycles. The lowest BCUT2D eigenvalue weighted by molar-refractivity contribution is -0.114. The number of rotatable bonds is 6. The molecule has 1 aliphatic carbocycles. The van der Waals surface area contributed by atoms with Gasteiger partial charge in [-0.15, -0.1) is 0 Å². The van der Waals surface area contributed by atoms with Gasteiger partial charge in [0.2, 0.25) is 0 Å². The number of ketones is 1. The van der Waals surface area contributed by atoms with Crippen molar-refractivity contribution in [2.45, 2.75) is 59.1 Å². The Morgan fingerprint density at radius 1 is 1.07 bits per heavy atom. The highest BCUT2D eigenvalue weighted by Gasteiger charge is 2.42. The first-order chi connectivity index (χ1) is 20.2. The third-order valence-corrected chi connectivity index (χ3v) is 8.50. The lowest BCUT2D eigenvalue weighted by Crippen LogP contribution is -2.46. The second kappa shape index (κ2) is 12.3. The number of nitrogens with one attached hydrogen (secondary N) is 1. The number of carbonyl (C=O) groups excluding carboxylic acids is 3. The molecule has 2 amide bonds. The molecule has 3 aliphatic heterocycles. The number of hydrogen-bond donors (Lipinski definition) is 2. The minimum absolute atomic E-state index is 0. The third kappa shape index (κ3) is 5.92. The van der Waals surface area contributed by atoms with E-state index in [0.29, 0.717) is 40.3 Å². The number of hydrogen-bond acceptors (Lipinski definition) is 8. The van der Waals surface area contributed by atoms with Crippen molar-refractivity contribution in [1.82, 2.24) is 9.80 Å². The molecule has 6 rings (SSSR count). The van der Waals surface area contributed by atoms with Crippen molar-refractivity contribution in [2.75, 3.05) is 38.6 Å². The lowest BCUT2D eigenvalue weighted by atomic mass is 9.94. The molecule has 1 saturated heterocycles. The third-order valence-electron chi connectivity index (χ3n) is 8.50. The van der Waals surface area contributed by atoms with Crippen molar-refractivity contribution in [3.63, 3.8) is 0 Å². The van der Waals surface area contributed by atoms with E-state index in [9.17, 15) is 19.5 Å². The quantitative estimate of drug-likeness (QED) is 0.386. The fraction of sp³-hybridized carbons (Fsp3) is 0.412. The number of anilines is 1. The predicted octanol–water partition coefficient (Wildman–Crippen LogP) is 4.26. The van der Waals surface area contributed by atoms with Crippen LogP contribution in [0.3, 0.4) is 0 Å². The number of piperidine rings is 1. The Morgan fingerprint density at radius 2 is 1.79 bits per heavy atom. The number of aryl methyl sites for hydroxylation is 2. The van der Waals surface area contributed by atoms with Gasteiger partial charge in [0.05, 0.1) is 29.0 Å². The van der Waals surface area contributed by atoms with E-state index in [1.807, 2.05) is 39.1 Å². The molecule has 1 atom stereocenters. The molecule has 9 nitrogen and oxygen atoms in total. The molecule has 226 valence electrons. The summed E-state index contributed by atoms with van der Waals surface area (Å²) in [5.74, 6) is 0.172. The molecule has 0 saturated carbocycles. The summed E-state index contributed by atoms with van der Waals surface area (Å²) in [6, 6.07) is 9.35. The summed E-state index contributed by atoms with van der Waals surface area (Å²) in [4.78, 5) is 48.0. The number of benzene rings is 2. The first-order valence-electron chi connectivity index (χ1n) is 14.6. The lowest BCUT2D eigenvalue weighted by Gasteiger charge is -2.33. The van der Waals surface area contributed by atoms with Gasteiger partial charge in [-0.2, -0.15) is 0 Å². The van der Waals surface area contributed by atoms with Crippen LogP contribution in [0.1, 0.15) is 64.1 Å². The second-order valence-corrected chi connectivity index (χ2v) is 11.7. The van der Waals surface area contributed by atoms with Crippen molar-refractivity contribution in [2.24, 2.45) is 4.99 Å². The van der Waals surface area contributed by atoms with Crippen LogP contribution in [0.5, 0.6) is 5.75 Å². The maximum atomic E-state index is 13.3. The average Bonchev–Trinajstić information content (AvgIpc) is 3.48. The Kier molecular flexibility index (Phi) is 8.66. The number of ether oxygens (including phenoxy) is 1. The van der Waals surface area contributed by atoms with E-state index < -0.39 is 6.10 Å². The van der Waals surface area contributed by atoms with Crippen molar-refractivity contribution >= 4 is 29.0 Å². The average molecular weight is 585 g/mol. The number of aliphatic imine (C=N–C) groups is 1. The number of fused-ring (bicyclic) bond motifs is 2. The summed E-state index contributed by atoms with van der Waals surface area (Å²) in [5, 5.41) is 13.9. The maximum Gasteiger partial charge on any atom is 0.261 e. The van der Waals surface area contributed by atoms with Crippen LogP contribution in [0.4, 0.5) is 5.69 Å². The molecular formula is C34H40N4O5.